The van der Waals surface area contributed by atoms with Gasteiger partial charge in [-0.2, -0.15) is 0 Å². The Balaban J connectivity index is 1.45. The fourth-order valence-corrected chi connectivity index (χ4v) is 3.97. The Labute approximate surface area is 178 Å². The molecule has 2 fully saturated rings. The van der Waals surface area contributed by atoms with E-state index in [1.165, 1.54) is 0 Å². The molecule has 0 unspecified atom stereocenters. The first-order valence-corrected chi connectivity index (χ1v) is 10.6. The first-order valence-electron chi connectivity index (χ1n) is 9.77. The molecule has 0 aromatic heterocycles. The highest BCUT2D eigenvalue weighted by Gasteiger charge is 2.35. The largest absolute Gasteiger partial charge is 0.339 e. The fourth-order valence-electron chi connectivity index (χ4n) is 3.50. The molecule has 2 aliphatic rings. The second-order valence-corrected chi connectivity index (χ2v) is 8.23. The molecule has 150 valence electrons. The Morgan fingerprint density at radius 3 is 2.07 bits per heavy atom. The van der Waals surface area contributed by atoms with Gasteiger partial charge in [-0.1, -0.05) is 24.3 Å². The number of halogens is 1. The monoisotopic (exact) mass is 455 g/mol. The molecule has 1 saturated heterocycles. The number of rotatable bonds is 4. The highest BCUT2D eigenvalue weighted by molar-refractivity contribution is 9.10. The number of nitrogens with one attached hydrogen (secondary N) is 1. The van der Waals surface area contributed by atoms with Gasteiger partial charge in [0, 0.05) is 36.6 Å². The predicted molar refractivity (Wildman–Crippen MR) is 114 cm³/mol. The molecule has 3 amide bonds. The summed E-state index contributed by atoms with van der Waals surface area (Å²) >= 11 is 3.38. The molecule has 1 heterocycles. The normalized spacial score (nSPS) is 16.4. The van der Waals surface area contributed by atoms with E-state index in [1.807, 2.05) is 11.0 Å². The third-order valence-corrected chi connectivity index (χ3v) is 6.02. The second kappa shape index (κ2) is 8.37. The Hall–Kier alpha value is -2.67. The summed E-state index contributed by atoms with van der Waals surface area (Å²) in [6.07, 6.45) is 1.98. The van der Waals surface area contributed by atoms with Gasteiger partial charge in [0.2, 0.25) is 5.91 Å². The number of benzene rings is 2. The second-order valence-electron chi connectivity index (χ2n) is 7.37. The molecule has 0 bridgehead atoms. The van der Waals surface area contributed by atoms with E-state index in [-0.39, 0.29) is 23.6 Å². The van der Waals surface area contributed by atoms with Crippen molar-refractivity contribution in [2.45, 2.75) is 12.8 Å². The predicted octanol–water partition coefficient (Wildman–Crippen LogP) is 3.40. The zero-order valence-corrected chi connectivity index (χ0v) is 17.5. The van der Waals surface area contributed by atoms with Gasteiger partial charge in [-0.15, -0.1) is 0 Å². The molecule has 7 heteroatoms. The summed E-state index contributed by atoms with van der Waals surface area (Å²) < 4.78 is 0.692. The minimum absolute atomic E-state index is 0.133. The van der Waals surface area contributed by atoms with E-state index in [0.717, 1.165) is 12.8 Å². The maximum atomic E-state index is 13.1. The van der Waals surface area contributed by atoms with Crippen LogP contribution in [0.25, 0.3) is 0 Å². The standard InChI is InChI=1S/C22H22BrN3O3/c23-18-7-3-1-5-16(18)20(27)24-19-8-4-2-6-17(19)22(29)26-13-11-25(12-14-26)21(28)15-9-10-15/h1-8,15H,9-14H2,(H,24,27). The van der Waals surface area contributed by atoms with Crippen LogP contribution in [-0.4, -0.2) is 53.7 Å². The van der Waals surface area contributed by atoms with Crippen molar-refractivity contribution in [2.75, 3.05) is 31.5 Å². The van der Waals surface area contributed by atoms with Crippen molar-refractivity contribution in [2.24, 2.45) is 5.92 Å². The van der Waals surface area contributed by atoms with Crippen LogP contribution in [-0.2, 0) is 4.79 Å². The zero-order valence-electron chi connectivity index (χ0n) is 15.9. The molecule has 0 spiro atoms. The highest BCUT2D eigenvalue weighted by atomic mass is 79.9. The number of anilines is 1. The quantitative estimate of drug-likeness (QED) is 0.767. The van der Waals surface area contributed by atoms with Gasteiger partial charge < -0.3 is 15.1 Å². The lowest BCUT2D eigenvalue weighted by Gasteiger charge is -2.35. The van der Waals surface area contributed by atoms with Crippen molar-refractivity contribution in [3.8, 4) is 0 Å². The van der Waals surface area contributed by atoms with Crippen molar-refractivity contribution in [1.29, 1.82) is 0 Å². The topological polar surface area (TPSA) is 69.7 Å². The number of carbonyl (C=O) groups is 3. The smallest absolute Gasteiger partial charge is 0.256 e. The molecule has 0 radical (unpaired) electrons. The van der Waals surface area contributed by atoms with Crippen LogP contribution in [0.3, 0.4) is 0 Å². The van der Waals surface area contributed by atoms with Gasteiger partial charge in [0.25, 0.3) is 11.8 Å². The van der Waals surface area contributed by atoms with Gasteiger partial charge in [-0.05, 0) is 53.0 Å². The number of hydrogen-bond acceptors (Lipinski definition) is 3. The molecule has 2 aromatic carbocycles. The Bertz CT molecular complexity index is 950. The van der Waals surface area contributed by atoms with Crippen LogP contribution in [0.5, 0.6) is 0 Å². The van der Waals surface area contributed by atoms with Gasteiger partial charge in [0.15, 0.2) is 0 Å². The van der Waals surface area contributed by atoms with Gasteiger partial charge in [-0.3, -0.25) is 14.4 Å². The van der Waals surface area contributed by atoms with Crippen LogP contribution in [0.4, 0.5) is 5.69 Å². The molecule has 29 heavy (non-hydrogen) atoms. The van der Waals surface area contributed by atoms with E-state index >= 15 is 0 Å². The Morgan fingerprint density at radius 2 is 1.41 bits per heavy atom. The third-order valence-electron chi connectivity index (χ3n) is 5.33. The van der Waals surface area contributed by atoms with Gasteiger partial charge in [0.1, 0.15) is 0 Å². The average Bonchev–Trinajstić information content (AvgIpc) is 3.59. The van der Waals surface area contributed by atoms with E-state index < -0.39 is 0 Å². The number of piperazine rings is 1. The lowest BCUT2D eigenvalue weighted by atomic mass is 10.1. The Morgan fingerprint density at radius 1 is 0.828 bits per heavy atom. The summed E-state index contributed by atoms with van der Waals surface area (Å²) in [6, 6.07) is 14.2. The van der Waals surface area contributed by atoms with Crippen molar-refractivity contribution >= 4 is 39.3 Å². The molecule has 1 aliphatic heterocycles. The molecule has 6 nitrogen and oxygen atoms in total. The first kappa shape index (κ1) is 19.6. The fraction of sp³-hybridized carbons (Fsp3) is 0.318. The third kappa shape index (κ3) is 4.34. The number of carbonyl (C=O) groups excluding carboxylic acids is 3. The lowest BCUT2D eigenvalue weighted by Crippen LogP contribution is -2.51. The van der Waals surface area contributed by atoms with E-state index in [2.05, 4.69) is 21.2 Å². The molecular weight excluding hydrogens is 434 g/mol. The summed E-state index contributed by atoms with van der Waals surface area (Å²) in [6.45, 7) is 2.13. The zero-order chi connectivity index (χ0) is 20.4. The number of amides is 3. The van der Waals surface area contributed by atoms with Gasteiger partial charge in [0.05, 0.1) is 16.8 Å². The summed E-state index contributed by atoms with van der Waals surface area (Å²) in [4.78, 5) is 41.6. The van der Waals surface area contributed by atoms with Crippen LogP contribution >= 0.6 is 15.9 Å². The van der Waals surface area contributed by atoms with Crippen molar-refractivity contribution in [3.05, 3.63) is 64.1 Å². The minimum Gasteiger partial charge on any atom is -0.339 e. The summed E-state index contributed by atoms with van der Waals surface area (Å²) in [5.41, 5.74) is 1.44. The molecule has 1 N–H and O–H groups in total. The maximum absolute atomic E-state index is 13.1. The number of nitrogens with zero attached hydrogens (tertiary/aromatic N) is 2. The molecule has 0 atom stereocenters. The average molecular weight is 456 g/mol. The molecule has 4 rings (SSSR count). The van der Waals surface area contributed by atoms with Crippen molar-refractivity contribution in [1.82, 2.24) is 9.80 Å². The van der Waals surface area contributed by atoms with Crippen LogP contribution < -0.4 is 5.32 Å². The summed E-state index contributed by atoms with van der Waals surface area (Å²) in [7, 11) is 0. The van der Waals surface area contributed by atoms with Crippen molar-refractivity contribution in [3.63, 3.8) is 0 Å². The van der Waals surface area contributed by atoms with Crippen LogP contribution in [0.2, 0.25) is 0 Å². The maximum Gasteiger partial charge on any atom is 0.256 e. The van der Waals surface area contributed by atoms with Crippen LogP contribution in [0, 0.1) is 5.92 Å². The van der Waals surface area contributed by atoms with Gasteiger partial charge >= 0.3 is 0 Å². The Kier molecular flexibility index (Phi) is 5.67. The van der Waals surface area contributed by atoms with E-state index in [1.54, 1.807) is 47.4 Å². The SMILES string of the molecule is O=C(Nc1ccccc1C(=O)N1CCN(C(=O)C2CC2)CC1)c1ccccc1Br. The molecule has 2 aromatic rings. The lowest BCUT2D eigenvalue weighted by molar-refractivity contribution is -0.134. The van der Waals surface area contributed by atoms with Crippen molar-refractivity contribution < 1.29 is 14.4 Å². The molecule has 1 aliphatic carbocycles. The van der Waals surface area contributed by atoms with E-state index in [0.29, 0.717) is 47.5 Å². The molecular formula is C22H22BrN3O3. The first-order chi connectivity index (χ1) is 14.0. The van der Waals surface area contributed by atoms with Crippen LogP contribution in [0.15, 0.2) is 53.0 Å². The van der Waals surface area contributed by atoms with Gasteiger partial charge in [-0.25, -0.2) is 0 Å². The number of hydrogen-bond donors (Lipinski definition) is 1. The summed E-state index contributed by atoms with van der Waals surface area (Å²) in [5, 5.41) is 2.86. The summed E-state index contributed by atoms with van der Waals surface area (Å²) in [5.74, 6) is 0.00724. The van der Waals surface area contributed by atoms with Crippen LogP contribution in [0.1, 0.15) is 33.6 Å². The number of para-hydroxylation sites is 1. The molecule has 1 saturated carbocycles. The van der Waals surface area contributed by atoms with E-state index in [4.69, 9.17) is 0 Å². The van der Waals surface area contributed by atoms with E-state index in [9.17, 15) is 14.4 Å². The highest BCUT2D eigenvalue weighted by Crippen LogP contribution is 2.31. The minimum atomic E-state index is -0.280.